The Morgan fingerprint density at radius 2 is 1.81 bits per heavy atom. The summed E-state index contributed by atoms with van der Waals surface area (Å²) >= 11 is 6.38. The van der Waals surface area contributed by atoms with Gasteiger partial charge in [-0.15, -0.1) is 0 Å². The second-order valence-corrected chi connectivity index (χ2v) is 5.84. The van der Waals surface area contributed by atoms with Gasteiger partial charge >= 0.3 is 0 Å². The van der Waals surface area contributed by atoms with E-state index in [0.29, 0.717) is 16.6 Å². The highest BCUT2D eigenvalue weighted by Gasteiger charge is 2.15. The van der Waals surface area contributed by atoms with Crippen molar-refractivity contribution in [3.63, 3.8) is 0 Å². The van der Waals surface area contributed by atoms with Gasteiger partial charge in [0.15, 0.2) is 5.78 Å². The molecule has 0 saturated heterocycles. The van der Waals surface area contributed by atoms with Crippen molar-refractivity contribution in [2.45, 2.75) is 33.4 Å². The number of carbonyl (C=O) groups is 1. The largest absolute Gasteiger partial charge is 0.364 e. The van der Waals surface area contributed by atoms with Crippen molar-refractivity contribution in [2.75, 3.05) is 4.90 Å². The molecule has 0 aromatic heterocycles. The predicted octanol–water partition coefficient (Wildman–Crippen LogP) is 4.96. The van der Waals surface area contributed by atoms with Crippen LogP contribution in [0.4, 0.5) is 5.69 Å². The summed E-state index contributed by atoms with van der Waals surface area (Å²) in [6.07, 6.45) is 0. The van der Waals surface area contributed by atoms with Crippen molar-refractivity contribution < 1.29 is 4.79 Å². The number of ketones is 1. The molecule has 0 saturated carbocycles. The molecule has 0 amide bonds. The molecule has 0 heterocycles. The Morgan fingerprint density at radius 3 is 2.33 bits per heavy atom. The number of benzene rings is 2. The lowest BCUT2D eigenvalue weighted by Gasteiger charge is -2.30. The Hall–Kier alpha value is -1.80. The minimum Gasteiger partial charge on any atom is -0.364 e. The van der Waals surface area contributed by atoms with Gasteiger partial charge in [0, 0.05) is 18.2 Å². The normalized spacial score (nSPS) is 10.7. The zero-order chi connectivity index (χ0) is 15.4. The monoisotopic (exact) mass is 301 g/mol. The van der Waals surface area contributed by atoms with Gasteiger partial charge in [-0.05, 0) is 44.5 Å². The number of nitrogens with zero attached hydrogens (tertiary/aromatic N) is 1. The molecule has 0 aliphatic heterocycles. The average Bonchev–Trinajstić information content (AvgIpc) is 2.46. The zero-order valence-electron chi connectivity index (χ0n) is 12.6. The molecule has 2 aromatic rings. The van der Waals surface area contributed by atoms with Crippen LogP contribution in [0.1, 0.15) is 36.7 Å². The van der Waals surface area contributed by atoms with E-state index in [2.05, 4.69) is 30.9 Å². The van der Waals surface area contributed by atoms with Crippen LogP contribution in [-0.4, -0.2) is 11.8 Å². The summed E-state index contributed by atoms with van der Waals surface area (Å²) < 4.78 is 0. The van der Waals surface area contributed by atoms with Crippen LogP contribution in [0.25, 0.3) is 0 Å². The molecule has 2 nitrogen and oxygen atoms in total. The van der Waals surface area contributed by atoms with Crippen molar-refractivity contribution in [1.82, 2.24) is 0 Å². The molecule has 0 radical (unpaired) electrons. The highest BCUT2D eigenvalue weighted by atomic mass is 35.5. The van der Waals surface area contributed by atoms with E-state index in [0.717, 1.165) is 12.2 Å². The number of rotatable bonds is 5. The zero-order valence-corrected chi connectivity index (χ0v) is 13.4. The Balaban J connectivity index is 2.32. The van der Waals surface area contributed by atoms with Gasteiger partial charge in [0.25, 0.3) is 0 Å². The molecule has 21 heavy (non-hydrogen) atoms. The maximum atomic E-state index is 11.4. The molecule has 0 aliphatic rings. The summed E-state index contributed by atoms with van der Waals surface area (Å²) in [4.78, 5) is 13.7. The van der Waals surface area contributed by atoms with E-state index < -0.39 is 0 Å². The molecule has 0 fully saturated rings. The number of carbonyl (C=O) groups excluding carboxylic acids is 1. The summed E-state index contributed by atoms with van der Waals surface area (Å²) in [6.45, 7) is 6.61. The van der Waals surface area contributed by atoms with Gasteiger partial charge < -0.3 is 4.90 Å². The highest BCUT2D eigenvalue weighted by Crippen LogP contribution is 2.30. The molecular formula is C18H20ClNO. The van der Waals surface area contributed by atoms with Gasteiger partial charge in [-0.3, -0.25) is 4.79 Å². The first-order valence-corrected chi connectivity index (χ1v) is 7.48. The van der Waals surface area contributed by atoms with Crippen molar-refractivity contribution in [3.8, 4) is 0 Å². The standard InChI is InChI=1S/C18H20ClNO/c1-13(2)20(12-15-7-5-4-6-8-15)18-10-9-16(14(3)21)11-17(18)19/h4-11,13H,12H2,1-3H3. The number of Topliss-reactive ketones (excluding diaryl/α,β-unsaturated/α-hetero) is 1. The third kappa shape index (κ3) is 3.85. The minimum atomic E-state index is 0.0302. The van der Waals surface area contributed by atoms with Crippen molar-refractivity contribution >= 4 is 23.1 Å². The van der Waals surface area contributed by atoms with Crippen LogP contribution in [-0.2, 0) is 6.54 Å². The Kier molecular flexibility index (Phi) is 5.03. The molecule has 110 valence electrons. The number of hydrogen-bond acceptors (Lipinski definition) is 2. The van der Waals surface area contributed by atoms with Gasteiger partial charge in [-0.2, -0.15) is 0 Å². The van der Waals surface area contributed by atoms with Crippen LogP contribution in [0.3, 0.4) is 0 Å². The first-order chi connectivity index (χ1) is 9.99. The fourth-order valence-corrected chi connectivity index (χ4v) is 2.57. The molecule has 0 atom stereocenters. The maximum Gasteiger partial charge on any atom is 0.159 e. The van der Waals surface area contributed by atoms with Crippen LogP contribution in [0.5, 0.6) is 0 Å². The fraction of sp³-hybridized carbons (Fsp3) is 0.278. The van der Waals surface area contributed by atoms with Crippen LogP contribution in [0.15, 0.2) is 48.5 Å². The summed E-state index contributed by atoms with van der Waals surface area (Å²) in [7, 11) is 0. The Bertz CT molecular complexity index is 622. The van der Waals surface area contributed by atoms with Gasteiger partial charge in [-0.25, -0.2) is 0 Å². The number of halogens is 1. The summed E-state index contributed by atoms with van der Waals surface area (Å²) in [5.74, 6) is 0.0302. The summed E-state index contributed by atoms with van der Waals surface area (Å²) in [5, 5.41) is 0.618. The predicted molar refractivity (Wildman–Crippen MR) is 89.2 cm³/mol. The average molecular weight is 302 g/mol. The van der Waals surface area contributed by atoms with E-state index in [-0.39, 0.29) is 5.78 Å². The second-order valence-electron chi connectivity index (χ2n) is 5.43. The molecule has 2 aromatic carbocycles. The lowest BCUT2D eigenvalue weighted by atomic mass is 10.1. The molecule has 0 aliphatic carbocycles. The van der Waals surface area contributed by atoms with E-state index in [1.807, 2.05) is 30.3 Å². The van der Waals surface area contributed by atoms with Crippen LogP contribution >= 0.6 is 11.6 Å². The lowest BCUT2D eigenvalue weighted by molar-refractivity contribution is 0.101. The minimum absolute atomic E-state index is 0.0302. The first kappa shape index (κ1) is 15.6. The first-order valence-electron chi connectivity index (χ1n) is 7.10. The fourth-order valence-electron chi connectivity index (χ4n) is 2.28. The van der Waals surface area contributed by atoms with E-state index >= 15 is 0 Å². The van der Waals surface area contributed by atoms with E-state index in [4.69, 9.17) is 11.6 Å². The molecule has 0 spiro atoms. The van der Waals surface area contributed by atoms with Crippen LogP contribution in [0, 0.1) is 0 Å². The van der Waals surface area contributed by atoms with E-state index in [1.165, 1.54) is 5.56 Å². The number of anilines is 1. The summed E-state index contributed by atoms with van der Waals surface area (Å²) in [6, 6.07) is 16.1. The third-order valence-electron chi connectivity index (χ3n) is 3.48. The van der Waals surface area contributed by atoms with Crippen molar-refractivity contribution in [3.05, 3.63) is 64.7 Å². The molecule has 0 unspecified atom stereocenters. The molecule has 3 heteroatoms. The molecule has 2 rings (SSSR count). The van der Waals surface area contributed by atoms with Gasteiger partial charge in [-0.1, -0.05) is 41.9 Å². The quantitative estimate of drug-likeness (QED) is 0.728. The smallest absolute Gasteiger partial charge is 0.159 e. The molecule has 0 N–H and O–H groups in total. The maximum absolute atomic E-state index is 11.4. The van der Waals surface area contributed by atoms with Gasteiger partial charge in [0.1, 0.15) is 0 Å². The van der Waals surface area contributed by atoms with Crippen molar-refractivity contribution in [2.24, 2.45) is 0 Å². The topological polar surface area (TPSA) is 20.3 Å². The second kappa shape index (κ2) is 6.77. The molecular weight excluding hydrogens is 282 g/mol. The SMILES string of the molecule is CC(=O)c1ccc(N(Cc2ccccc2)C(C)C)c(Cl)c1. The van der Waals surface area contributed by atoms with E-state index in [9.17, 15) is 4.79 Å². The highest BCUT2D eigenvalue weighted by molar-refractivity contribution is 6.33. The Labute approximate surface area is 131 Å². The number of hydrogen-bond donors (Lipinski definition) is 0. The van der Waals surface area contributed by atoms with Gasteiger partial charge in [0.05, 0.1) is 10.7 Å². The summed E-state index contributed by atoms with van der Waals surface area (Å²) in [5.41, 5.74) is 2.84. The van der Waals surface area contributed by atoms with Crippen LogP contribution < -0.4 is 4.90 Å². The lowest BCUT2D eigenvalue weighted by Crippen LogP contribution is -2.30. The van der Waals surface area contributed by atoms with E-state index in [1.54, 1.807) is 13.0 Å². The van der Waals surface area contributed by atoms with Crippen LogP contribution in [0.2, 0.25) is 5.02 Å². The molecule has 0 bridgehead atoms. The van der Waals surface area contributed by atoms with Crippen molar-refractivity contribution in [1.29, 1.82) is 0 Å². The van der Waals surface area contributed by atoms with Gasteiger partial charge in [0.2, 0.25) is 0 Å². The Morgan fingerprint density at radius 1 is 1.14 bits per heavy atom. The third-order valence-corrected chi connectivity index (χ3v) is 3.79.